The minimum Gasteiger partial charge on any atom is -0.406 e. The Labute approximate surface area is 116 Å². The minimum absolute atomic E-state index is 0.0392. The highest BCUT2D eigenvalue weighted by Crippen LogP contribution is 2.25. The van der Waals surface area contributed by atoms with Crippen molar-refractivity contribution in [2.75, 3.05) is 6.54 Å². The molecule has 0 amide bonds. The third kappa shape index (κ3) is 5.61. The minimum atomic E-state index is -4.71. The average Bonchev–Trinajstić information content (AvgIpc) is 2.28. The number of halogens is 3. The van der Waals surface area contributed by atoms with Crippen LogP contribution in [-0.2, 0) is 4.79 Å². The Bertz CT molecular complexity index is 441. The fourth-order valence-corrected chi connectivity index (χ4v) is 1.75. The molecule has 0 saturated carbocycles. The first-order valence-electron chi connectivity index (χ1n) is 6.28. The predicted molar refractivity (Wildman–Crippen MR) is 69.7 cm³/mol. The van der Waals surface area contributed by atoms with Crippen molar-refractivity contribution in [2.45, 2.75) is 39.1 Å². The molecule has 0 heterocycles. The number of ether oxygens (including phenoxy) is 1. The van der Waals surface area contributed by atoms with Crippen LogP contribution in [0.1, 0.15) is 32.3 Å². The van der Waals surface area contributed by atoms with E-state index < -0.39 is 6.36 Å². The zero-order chi connectivity index (χ0) is 15.3. The number of hydrogen-bond acceptors (Lipinski definition) is 3. The molecule has 0 aliphatic carbocycles. The molecule has 0 aliphatic heterocycles. The molecule has 1 aromatic rings. The molecule has 6 heteroatoms. The van der Waals surface area contributed by atoms with E-state index in [0.29, 0.717) is 12.1 Å². The van der Waals surface area contributed by atoms with E-state index in [1.165, 1.54) is 31.2 Å². The molecule has 3 nitrogen and oxygen atoms in total. The van der Waals surface area contributed by atoms with E-state index in [9.17, 15) is 18.0 Å². The van der Waals surface area contributed by atoms with Gasteiger partial charge in [0.25, 0.3) is 0 Å². The largest absolute Gasteiger partial charge is 0.573 e. The Hall–Kier alpha value is -1.56. The molecule has 0 saturated heterocycles. The van der Waals surface area contributed by atoms with Crippen molar-refractivity contribution in [2.24, 2.45) is 0 Å². The lowest BCUT2D eigenvalue weighted by Gasteiger charge is -2.17. The molecule has 1 N–H and O–H groups in total. The van der Waals surface area contributed by atoms with Gasteiger partial charge in [-0.25, -0.2) is 0 Å². The Morgan fingerprint density at radius 3 is 2.20 bits per heavy atom. The summed E-state index contributed by atoms with van der Waals surface area (Å²) in [5.41, 5.74) is 0.667. The summed E-state index contributed by atoms with van der Waals surface area (Å²) in [7, 11) is 0. The van der Waals surface area contributed by atoms with Crippen molar-refractivity contribution in [3.63, 3.8) is 0 Å². The second-order valence-electron chi connectivity index (χ2n) is 4.84. The van der Waals surface area contributed by atoms with Crippen LogP contribution >= 0.6 is 0 Å². The van der Waals surface area contributed by atoms with Crippen LogP contribution in [0.5, 0.6) is 5.75 Å². The number of nitrogens with one attached hydrogen (secondary N) is 1. The van der Waals surface area contributed by atoms with Gasteiger partial charge in [-0.2, -0.15) is 0 Å². The van der Waals surface area contributed by atoms with E-state index in [4.69, 9.17) is 0 Å². The molecule has 112 valence electrons. The van der Waals surface area contributed by atoms with Crippen LogP contribution < -0.4 is 10.1 Å². The molecule has 1 rings (SSSR count). The normalized spacial score (nSPS) is 13.3. The number of carbonyl (C=O) groups is 1. The highest BCUT2D eigenvalue weighted by molar-refractivity contribution is 5.83. The van der Waals surface area contributed by atoms with Gasteiger partial charge in [0.15, 0.2) is 0 Å². The quantitative estimate of drug-likeness (QED) is 0.873. The zero-order valence-electron chi connectivity index (χ0n) is 11.6. The fourth-order valence-electron chi connectivity index (χ4n) is 1.75. The van der Waals surface area contributed by atoms with E-state index in [-0.39, 0.29) is 23.5 Å². The van der Waals surface area contributed by atoms with Gasteiger partial charge in [0, 0.05) is 12.6 Å². The second-order valence-corrected chi connectivity index (χ2v) is 4.84. The Balaban J connectivity index is 2.80. The molecule has 0 bridgehead atoms. The monoisotopic (exact) mass is 289 g/mol. The van der Waals surface area contributed by atoms with Gasteiger partial charge >= 0.3 is 6.36 Å². The number of hydrogen-bond donors (Lipinski definition) is 1. The molecule has 1 aromatic carbocycles. The first-order valence-corrected chi connectivity index (χ1v) is 6.28. The number of rotatable bonds is 6. The van der Waals surface area contributed by atoms with Gasteiger partial charge in [-0.05, 0) is 24.6 Å². The molecular weight excluding hydrogens is 271 g/mol. The van der Waals surface area contributed by atoms with Gasteiger partial charge in [-0.3, -0.25) is 4.79 Å². The lowest BCUT2D eigenvalue weighted by Crippen LogP contribution is -2.30. The molecule has 0 spiro atoms. The molecule has 0 aromatic heterocycles. The molecule has 0 aliphatic rings. The summed E-state index contributed by atoms with van der Waals surface area (Å²) in [6, 6.07) is 5.62. The maximum Gasteiger partial charge on any atom is 0.573 e. The van der Waals surface area contributed by atoms with Crippen LogP contribution in [0.25, 0.3) is 0 Å². The number of carbonyl (C=O) groups excluding carboxylic acids is 1. The maximum absolute atomic E-state index is 12.1. The van der Waals surface area contributed by atoms with Crippen molar-refractivity contribution >= 4 is 5.78 Å². The van der Waals surface area contributed by atoms with Gasteiger partial charge < -0.3 is 10.1 Å². The van der Waals surface area contributed by atoms with E-state index in [1.807, 2.05) is 13.8 Å². The van der Waals surface area contributed by atoms with Crippen molar-refractivity contribution < 1.29 is 22.7 Å². The summed E-state index contributed by atoms with van der Waals surface area (Å²) in [5, 5.41) is 3.15. The maximum atomic E-state index is 12.1. The van der Waals surface area contributed by atoms with Crippen molar-refractivity contribution in [1.82, 2.24) is 5.32 Å². The van der Waals surface area contributed by atoms with E-state index in [2.05, 4.69) is 10.1 Å². The van der Waals surface area contributed by atoms with Crippen LogP contribution in [0, 0.1) is 0 Å². The molecule has 0 unspecified atom stereocenters. The highest BCUT2D eigenvalue weighted by atomic mass is 19.4. The van der Waals surface area contributed by atoms with E-state index in [1.54, 1.807) is 0 Å². The SMILES string of the molecule is CC(=O)[C@H](CNC(C)C)c1ccc(OC(F)(F)F)cc1. The van der Waals surface area contributed by atoms with Gasteiger partial charge in [-0.1, -0.05) is 26.0 Å². The molecular formula is C14H18F3NO2. The van der Waals surface area contributed by atoms with Crippen LogP contribution in [0.3, 0.4) is 0 Å². The third-order valence-electron chi connectivity index (χ3n) is 2.74. The molecule has 20 heavy (non-hydrogen) atoms. The topological polar surface area (TPSA) is 38.3 Å². The van der Waals surface area contributed by atoms with Gasteiger partial charge in [0.2, 0.25) is 0 Å². The summed E-state index contributed by atoms with van der Waals surface area (Å²) in [4.78, 5) is 11.6. The smallest absolute Gasteiger partial charge is 0.406 e. The van der Waals surface area contributed by atoms with Gasteiger partial charge in [-0.15, -0.1) is 13.2 Å². The lowest BCUT2D eigenvalue weighted by molar-refractivity contribution is -0.274. The zero-order valence-corrected chi connectivity index (χ0v) is 11.6. The lowest BCUT2D eigenvalue weighted by atomic mass is 9.95. The highest BCUT2D eigenvalue weighted by Gasteiger charge is 2.31. The van der Waals surface area contributed by atoms with Crippen LogP contribution in [-0.4, -0.2) is 24.7 Å². The predicted octanol–water partition coefficient (Wildman–Crippen LogP) is 3.26. The van der Waals surface area contributed by atoms with E-state index in [0.717, 1.165) is 0 Å². The number of alkyl halides is 3. The summed E-state index contributed by atoms with van der Waals surface area (Å²) >= 11 is 0. The second kappa shape index (κ2) is 6.74. The molecule has 0 radical (unpaired) electrons. The van der Waals surface area contributed by atoms with Gasteiger partial charge in [0.05, 0.1) is 5.92 Å². The Morgan fingerprint density at radius 1 is 1.25 bits per heavy atom. The van der Waals surface area contributed by atoms with Crippen LogP contribution in [0.4, 0.5) is 13.2 Å². The third-order valence-corrected chi connectivity index (χ3v) is 2.74. The average molecular weight is 289 g/mol. The standard InChI is InChI=1S/C14H18F3NO2/c1-9(2)18-8-13(10(3)19)11-4-6-12(7-5-11)20-14(15,16)17/h4-7,9,13,18H,8H2,1-3H3/t13-/m0/s1. The van der Waals surface area contributed by atoms with Gasteiger partial charge in [0.1, 0.15) is 11.5 Å². The molecule has 0 fully saturated rings. The van der Waals surface area contributed by atoms with E-state index >= 15 is 0 Å². The number of ketones is 1. The fraction of sp³-hybridized carbons (Fsp3) is 0.500. The van der Waals surface area contributed by atoms with Crippen LogP contribution in [0.2, 0.25) is 0 Å². The first kappa shape index (κ1) is 16.5. The van der Waals surface area contributed by atoms with Crippen molar-refractivity contribution in [3.05, 3.63) is 29.8 Å². The molecule has 1 atom stereocenters. The summed E-state index contributed by atoms with van der Waals surface area (Å²) in [5.74, 6) is -0.708. The Morgan fingerprint density at radius 2 is 1.80 bits per heavy atom. The van der Waals surface area contributed by atoms with Crippen LogP contribution in [0.15, 0.2) is 24.3 Å². The summed E-state index contributed by atoms with van der Waals surface area (Å²) in [6.45, 7) is 5.83. The number of Topliss-reactive ketones (excluding diaryl/α,β-unsaturated/α-hetero) is 1. The first-order chi connectivity index (χ1) is 9.19. The summed E-state index contributed by atoms with van der Waals surface area (Å²) < 4.78 is 40.0. The summed E-state index contributed by atoms with van der Waals surface area (Å²) in [6.07, 6.45) is -4.71. The van der Waals surface area contributed by atoms with Crippen molar-refractivity contribution in [1.29, 1.82) is 0 Å². The van der Waals surface area contributed by atoms with Crippen molar-refractivity contribution in [3.8, 4) is 5.75 Å². The number of benzene rings is 1. The Kier molecular flexibility index (Phi) is 5.56.